The molecule has 5 nitrogen and oxygen atoms in total. The highest BCUT2D eigenvalue weighted by Gasteiger charge is 2.11. The van der Waals surface area contributed by atoms with E-state index in [4.69, 9.17) is 9.47 Å². The molecule has 5 heteroatoms. The smallest absolute Gasteiger partial charge is 0.310 e. The van der Waals surface area contributed by atoms with Crippen LogP contribution in [0, 0.1) is 0 Å². The van der Waals surface area contributed by atoms with Crippen molar-refractivity contribution in [3.05, 3.63) is 65.7 Å². The molecular formula is C21H25NO4. The number of carbonyl (C=O) groups excluding carboxylic acids is 2. The van der Waals surface area contributed by atoms with Gasteiger partial charge in [0.1, 0.15) is 5.75 Å². The largest absolute Gasteiger partial charge is 0.497 e. The van der Waals surface area contributed by atoms with E-state index in [1.54, 1.807) is 31.4 Å². The highest BCUT2D eigenvalue weighted by Crippen LogP contribution is 2.12. The van der Waals surface area contributed by atoms with Crippen LogP contribution < -0.4 is 10.1 Å². The molecule has 0 aliphatic rings. The molecule has 1 atom stereocenters. The highest BCUT2D eigenvalue weighted by atomic mass is 16.5. The van der Waals surface area contributed by atoms with Crippen LogP contribution in [0.3, 0.4) is 0 Å². The van der Waals surface area contributed by atoms with E-state index >= 15 is 0 Å². The molecule has 0 aromatic heterocycles. The Kier molecular flexibility index (Phi) is 7.68. The normalized spacial score (nSPS) is 11.5. The Morgan fingerprint density at radius 1 is 1.00 bits per heavy atom. The van der Waals surface area contributed by atoms with Crippen molar-refractivity contribution in [3.63, 3.8) is 0 Å². The number of hydrogen-bond acceptors (Lipinski definition) is 4. The quantitative estimate of drug-likeness (QED) is 0.703. The zero-order valence-electron chi connectivity index (χ0n) is 15.2. The lowest BCUT2D eigenvalue weighted by Crippen LogP contribution is -2.36. The van der Waals surface area contributed by atoms with Crippen molar-refractivity contribution in [1.29, 1.82) is 0 Å². The van der Waals surface area contributed by atoms with E-state index in [9.17, 15) is 9.59 Å². The molecule has 0 saturated heterocycles. The number of methoxy groups -OCH3 is 1. The van der Waals surface area contributed by atoms with Gasteiger partial charge in [0, 0.05) is 6.04 Å². The predicted molar refractivity (Wildman–Crippen MR) is 100 cm³/mol. The van der Waals surface area contributed by atoms with Crippen molar-refractivity contribution in [2.45, 2.75) is 32.2 Å². The average molecular weight is 355 g/mol. The Labute approximate surface area is 154 Å². The Morgan fingerprint density at radius 3 is 2.35 bits per heavy atom. The molecule has 138 valence electrons. The maximum Gasteiger partial charge on any atom is 0.310 e. The Hall–Kier alpha value is -2.82. The van der Waals surface area contributed by atoms with Gasteiger partial charge in [0.2, 0.25) is 0 Å². The number of ether oxygens (including phenoxy) is 2. The number of rotatable bonds is 9. The second-order valence-corrected chi connectivity index (χ2v) is 6.18. The molecule has 26 heavy (non-hydrogen) atoms. The fourth-order valence-corrected chi connectivity index (χ4v) is 2.52. The Morgan fingerprint density at radius 2 is 1.69 bits per heavy atom. The van der Waals surface area contributed by atoms with Crippen LogP contribution in [0.15, 0.2) is 54.6 Å². The zero-order valence-corrected chi connectivity index (χ0v) is 15.2. The molecule has 0 bridgehead atoms. The number of hydrogen-bond donors (Lipinski definition) is 1. The van der Waals surface area contributed by atoms with Crippen molar-refractivity contribution in [3.8, 4) is 5.75 Å². The molecule has 1 N–H and O–H groups in total. The number of aryl methyl sites for hydroxylation is 1. The third kappa shape index (κ3) is 6.97. The molecule has 0 aliphatic heterocycles. The fraction of sp³-hybridized carbons (Fsp3) is 0.333. The van der Waals surface area contributed by atoms with Crippen LogP contribution in [0.5, 0.6) is 5.75 Å². The summed E-state index contributed by atoms with van der Waals surface area (Å²) in [6.45, 7) is 1.69. The van der Waals surface area contributed by atoms with Gasteiger partial charge in [-0.3, -0.25) is 9.59 Å². The average Bonchev–Trinajstić information content (AvgIpc) is 2.66. The van der Waals surface area contributed by atoms with Crippen LogP contribution >= 0.6 is 0 Å². The molecule has 2 rings (SSSR count). The molecule has 0 radical (unpaired) electrons. The van der Waals surface area contributed by atoms with Crippen molar-refractivity contribution in [2.75, 3.05) is 13.7 Å². The monoisotopic (exact) mass is 355 g/mol. The minimum atomic E-state index is -0.428. The molecule has 0 aliphatic carbocycles. The summed E-state index contributed by atoms with van der Waals surface area (Å²) in [6, 6.07) is 17.3. The Bertz CT molecular complexity index is 698. The summed E-state index contributed by atoms with van der Waals surface area (Å²) < 4.78 is 10.1. The first kappa shape index (κ1) is 19.5. The fourth-order valence-electron chi connectivity index (χ4n) is 2.52. The van der Waals surface area contributed by atoms with Gasteiger partial charge in [-0.05, 0) is 43.0 Å². The summed E-state index contributed by atoms with van der Waals surface area (Å²) >= 11 is 0. The highest BCUT2D eigenvalue weighted by molar-refractivity contribution is 5.81. The molecule has 0 heterocycles. The van der Waals surface area contributed by atoms with Gasteiger partial charge in [-0.15, -0.1) is 0 Å². The van der Waals surface area contributed by atoms with E-state index in [-0.39, 0.29) is 25.0 Å². The number of carbonyl (C=O) groups is 2. The topological polar surface area (TPSA) is 64.6 Å². The third-order valence-electron chi connectivity index (χ3n) is 3.99. The van der Waals surface area contributed by atoms with Crippen molar-refractivity contribution >= 4 is 11.9 Å². The van der Waals surface area contributed by atoms with Crippen molar-refractivity contribution < 1.29 is 19.1 Å². The van der Waals surface area contributed by atoms with Gasteiger partial charge in [-0.2, -0.15) is 0 Å². The van der Waals surface area contributed by atoms with Gasteiger partial charge in [-0.25, -0.2) is 0 Å². The number of benzene rings is 2. The minimum Gasteiger partial charge on any atom is -0.497 e. The van der Waals surface area contributed by atoms with Crippen LogP contribution in [0.1, 0.15) is 24.5 Å². The van der Waals surface area contributed by atoms with E-state index in [1.165, 1.54) is 5.56 Å². The molecule has 0 fully saturated rings. The molecule has 0 unspecified atom stereocenters. The van der Waals surface area contributed by atoms with Crippen LogP contribution in [0.25, 0.3) is 0 Å². The summed E-state index contributed by atoms with van der Waals surface area (Å²) in [5.74, 6) is 0.0156. The zero-order chi connectivity index (χ0) is 18.8. The molecule has 1 amide bonds. The molecule has 2 aromatic rings. The first-order valence-electron chi connectivity index (χ1n) is 8.68. The molecular weight excluding hydrogens is 330 g/mol. The number of amides is 1. The summed E-state index contributed by atoms with van der Waals surface area (Å²) in [4.78, 5) is 23.7. The molecule has 2 aromatic carbocycles. The predicted octanol–water partition coefficient (Wildman–Crippen LogP) is 2.92. The van der Waals surface area contributed by atoms with E-state index in [1.807, 2.05) is 25.1 Å². The lowest BCUT2D eigenvalue weighted by molar-refractivity contribution is -0.148. The SMILES string of the molecule is COc1ccc(CC(=O)OCC(=O)N[C@H](C)CCc2ccccc2)cc1. The molecule has 0 spiro atoms. The maximum atomic E-state index is 11.9. The summed E-state index contributed by atoms with van der Waals surface area (Å²) in [5, 5.41) is 2.85. The van der Waals surface area contributed by atoms with Gasteiger partial charge in [0.05, 0.1) is 13.5 Å². The minimum absolute atomic E-state index is 0.0167. The van der Waals surface area contributed by atoms with Crippen LogP contribution in [0.2, 0.25) is 0 Å². The lowest BCUT2D eigenvalue weighted by atomic mass is 10.1. The van der Waals surface area contributed by atoms with E-state index < -0.39 is 5.97 Å². The van der Waals surface area contributed by atoms with Gasteiger partial charge < -0.3 is 14.8 Å². The van der Waals surface area contributed by atoms with Gasteiger partial charge in [-0.1, -0.05) is 42.5 Å². The van der Waals surface area contributed by atoms with Crippen LogP contribution in [0.4, 0.5) is 0 Å². The van der Waals surface area contributed by atoms with E-state index in [0.29, 0.717) is 0 Å². The van der Waals surface area contributed by atoms with Gasteiger partial charge in [0.25, 0.3) is 5.91 Å². The van der Waals surface area contributed by atoms with Crippen molar-refractivity contribution in [2.24, 2.45) is 0 Å². The van der Waals surface area contributed by atoms with Gasteiger partial charge in [0.15, 0.2) is 6.61 Å². The standard InChI is InChI=1S/C21H25NO4/c1-16(8-9-17-6-4-3-5-7-17)22-20(23)15-26-21(24)14-18-10-12-19(25-2)13-11-18/h3-7,10-13,16H,8-9,14-15H2,1-2H3,(H,22,23)/t16-/m1/s1. The summed E-state index contributed by atoms with van der Waals surface area (Å²) in [6.07, 6.45) is 1.84. The van der Waals surface area contributed by atoms with Crippen molar-refractivity contribution in [1.82, 2.24) is 5.32 Å². The third-order valence-corrected chi connectivity index (χ3v) is 3.99. The summed E-state index contributed by atoms with van der Waals surface area (Å²) in [5.41, 5.74) is 2.05. The Balaban J connectivity index is 1.66. The number of nitrogens with one attached hydrogen (secondary N) is 1. The maximum absolute atomic E-state index is 11.9. The van der Waals surface area contributed by atoms with Gasteiger partial charge >= 0.3 is 5.97 Å². The first-order valence-corrected chi connectivity index (χ1v) is 8.68. The van der Waals surface area contributed by atoms with E-state index in [0.717, 1.165) is 24.2 Å². The van der Waals surface area contributed by atoms with E-state index in [2.05, 4.69) is 17.4 Å². The first-order chi connectivity index (χ1) is 12.6. The molecule has 0 saturated carbocycles. The van der Waals surface area contributed by atoms with Crippen LogP contribution in [-0.4, -0.2) is 31.6 Å². The number of esters is 1. The van der Waals surface area contributed by atoms with Crippen LogP contribution in [-0.2, 0) is 27.2 Å². The second kappa shape index (κ2) is 10.2. The lowest BCUT2D eigenvalue weighted by Gasteiger charge is -2.14. The summed E-state index contributed by atoms with van der Waals surface area (Å²) in [7, 11) is 1.59. The second-order valence-electron chi connectivity index (χ2n) is 6.18.